The average Bonchev–Trinajstić information content (AvgIpc) is 2.75. The normalized spacial score (nSPS) is 17.9. The van der Waals surface area contributed by atoms with E-state index in [-0.39, 0.29) is 5.91 Å². The molecule has 5 nitrogen and oxygen atoms in total. The minimum atomic E-state index is -0.614. The second-order valence-electron chi connectivity index (χ2n) is 7.70. The number of carbonyl (C=O) groups excluding carboxylic acids is 1. The highest BCUT2D eigenvalue weighted by Crippen LogP contribution is 2.21. The van der Waals surface area contributed by atoms with Crippen molar-refractivity contribution < 1.29 is 9.53 Å². The quantitative estimate of drug-likeness (QED) is 0.774. The van der Waals surface area contributed by atoms with Gasteiger partial charge in [0.1, 0.15) is 5.75 Å². The van der Waals surface area contributed by atoms with Gasteiger partial charge in [-0.1, -0.05) is 30.7 Å². The molecule has 3 rings (SSSR count). The van der Waals surface area contributed by atoms with Crippen LogP contribution in [0.15, 0.2) is 48.5 Å². The molecule has 0 aliphatic carbocycles. The summed E-state index contributed by atoms with van der Waals surface area (Å²) in [6.07, 6.45) is 3.21. The predicted octanol–water partition coefficient (Wildman–Crippen LogP) is 4.02. The molecule has 0 aromatic heterocycles. The Bertz CT molecular complexity index is 857. The molecule has 29 heavy (non-hydrogen) atoms. The third-order valence-electron chi connectivity index (χ3n) is 5.55. The SMILES string of the molecule is C[C@@H](Oc1ccc(C#N)cc1)C(=O)NCc1ccccc1CN1CCCC[C@@H]1C. The number of nitriles is 1. The van der Waals surface area contributed by atoms with E-state index < -0.39 is 6.10 Å². The van der Waals surface area contributed by atoms with E-state index in [2.05, 4.69) is 41.4 Å². The molecule has 1 heterocycles. The van der Waals surface area contributed by atoms with Gasteiger partial charge in [-0.15, -0.1) is 0 Å². The minimum Gasteiger partial charge on any atom is -0.481 e. The molecule has 0 spiro atoms. The molecule has 0 unspecified atom stereocenters. The molecule has 1 saturated heterocycles. The maximum absolute atomic E-state index is 12.5. The van der Waals surface area contributed by atoms with E-state index in [1.54, 1.807) is 31.2 Å². The lowest BCUT2D eigenvalue weighted by Gasteiger charge is -2.33. The second kappa shape index (κ2) is 10.1. The fourth-order valence-electron chi connectivity index (χ4n) is 3.69. The van der Waals surface area contributed by atoms with E-state index in [9.17, 15) is 4.79 Å². The van der Waals surface area contributed by atoms with Crippen molar-refractivity contribution in [2.45, 2.75) is 58.3 Å². The van der Waals surface area contributed by atoms with Gasteiger partial charge < -0.3 is 10.1 Å². The Morgan fingerprint density at radius 2 is 1.93 bits per heavy atom. The van der Waals surface area contributed by atoms with Crippen LogP contribution in [0.2, 0.25) is 0 Å². The van der Waals surface area contributed by atoms with Crippen molar-refractivity contribution in [1.82, 2.24) is 10.2 Å². The number of nitrogens with zero attached hydrogens (tertiary/aromatic N) is 2. The first-order valence-electron chi connectivity index (χ1n) is 10.3. The van der Waals surface area contributed by atoms with Crippen molar-refractivity contribution in [3.8, 4) is 11.8 Å². The number of nitrogens with one attached hydrogen (secondary N) is 1. The fraction of sp³-hybridized carbons (Fsp3) is 0.417. The number of likely N-dealkylation sites (tertiary alicyclic amines) is 1. The summed E-state index contributed by atoms with van der Waals surface area (Å²) >= 11 is 0. The van der Waals surface area contributed by atoms with Crippen LogP contribution in [0.1, 0.15) is 49.8 Å². The van der Waals surface area contributed by atoms with Crippen molar-refractivity contribution in [3.63, 3.8) is 0 Å². The zero-order valence-electron chi connectivity index (χ0n) is 17.2. The lowest BCUT2D eigenvalue weighted by Crippen LogP contribution is -2.38. The lowest BCUT2D eigenvalue weighted by atomic mass is 10.0. The average molecular weight is 392 g/mol. The van der Waals surface area contributed by atoms with Crippen LogP contribution in [0.3, 0.4) is 0 Å². The Labute approximate surface area is 173 Å². The topological polar surface area (TPSA) is 65.4 Å². The summed E-state index contributed by atoms with van der Waals surface area (Å²) in [6.45, 7) is 6.57. The van der Waals surface area contributed by atoms with E-state index in [0.29, 0.717) is 23.9 Å². The highest BCUT2D eigenvalue weighted by atomic mass is 16.5. The van der Waals surface area contributed by atoms with Gasteiger partial charge in [0.15, 0.2) is 6.10 Å². The van der Waals surface area contributed by atoms with Crippen LogP contribution in [0.4, 0.5) is 0 Å². The van der Waals surface area contributed by atoms with Gasteiger partial charge in [-0.3, -0.25) is 9.69 Å². The number of amides is 1. The summed E-state index contributed by atoms with van der Waals surface area (Å²) in [5, 5.41) is 11.9. The van der Waals surface area contributed by atoms with Gasteiger partial charge in [0.2, 0.25) is 0 Å². The molecule has 1 aliphatic rings. The molecule has 2 aromatic carbocycles. The highest BCUT2D eigenvalue weighted by Gasteiger charge is 2.20. The van der Waals surface area contributed by atoms with Gasteiger partial charge in [-0.25, -0.2) is 0 Å². The number of rotatable bonds is 7. The molecule has 1 N–H and O–H groups in total. The zero-order chi connectivity index (χ0) is 20.6. The number of carbonyl (C=O) groups is 1. The number of hydrogen-bond donors (Lipinski definition) is 1. The Balaban J connectivity index is 1.56. The fourth-order valence-corrected chi connectivity index (χ4v) is 3.69. The Hall–Kier alpha value is -2.84. The smallest absolute Gasteiger partial charge is 0.261 e. The van der Waals surface area contributed by atoms with Gasteiger partial charge in [-0.05, 0) is 68.6 Å². The van der Waals surface area contributed by atoms with E-state index >= 15 is 0 Å². The van der Waals surface area contributed by atoms with Gasteiger partial charge in [0.05, 0.1) is 11.6 Å². The molecule has 1 fully saturated rings. The van der Waals surface area contributed by atoms with Crippen molar-refractivity contribution in [3.05, 3.63) is 65.2 Å². The predicted molar refractivity (Wildman–Crippen MR) is 113 cm³/mol. The van der Waals surface area contributed by atoms with Crippen LogP contribution >= 0.6 is 0 Å². The Kier molecular flexibility index (Phi) is 7.26. The summed E-state index contributed by atoms with van der Waals surface area (Å²) in [4.78, 5) is 15.0. The van der Waals surface area contributed by atoms with Crippen LogP contribution in [0, 0.1) is 11.3 Å². The zero-order valence-corrected chi connectivity index (χ0v) is 17.2. The van der Waals surface area contributed by atoms with Crippen LogP contribution in [0.5, 0.6) is 5.75 Å². The van der Waals surface area contributed by atoms with Crippen molar-refractivity contribution in [1.29, 1.82) is 5.26 Å². The highest BCUT2D eigenvalue weighted by molar-refractivity contribution is 5.80. The third kappa shape index (κ3) is 5.82. The van der Waals surface area contributed by atoms with Crippen molar-refractivity contribution in [2.75, 3.05) is 6.54 Å². The number of ether oxygens (including phenoxy) is 1. The van der Waals surface area contributed by atoms with E-state index in [1.807, 2.05) is 6.07 Å². The first kappa shape index (κ1) is 20.9. The largest absolute Gasteiger partial charge is 0.481 e. The van der Waals surface area contributed by atoms with E-state index in [0.717, 1.165) is 18.7 Å². The van der Waals surface area contributed by atoms with E-state index in [1.165, 1.54) is 24.8 Å². The summed E-state index contributed by atoms with van der Waals surface area (Å²) in [6, 6.07) is 17.7. The first-order valence-corrected chi connectivity index (χ1v) is 10.3. The maximum Gasteiger partial charge on any atom is 0.261 e. The molecule has 0 saturated carbocycles. The Morgan fingerprint density at radius 3 is 2.62 bits per heavy atom. The minimum absolute atomic E-state index is 0.157. The van der Waals surface area contributed by atoms with E-state index in [4.69, 9.17) is 10.00 Å². The number of piperidine rings is 1. The summed E-state index contributed by atoms with van der Waals surface area (Å²) in [7, 11) is 0. The lowest BCUT2D eigenvalue weighted by molar-refractivity contribution is -0.127. The van der Waals surface area contributed by atoms with Crippen molar-refractivity contribution in [2.24, 2.45) is 0 Å². The summed E-state index contributed by atoms with van der Waals surface area (Å²) in [5.74, 6) is 0.418. The summed E-state index contributed by atoms with van der Waals surface area (Å²) < 4.78 is 5.70. The second-order valence-corrected chi connectivity index (χ2v) is 7.70. The van der Waals surface area contributed by atoms with Gasteiger partial charge in [-0.2, -0.15) is 5.26 Å². The molecule has 0 bridgehead atoms. The standard InChI is InChI=1S/C24H29N3O2/c1-18-7-5-6-14-27(18)17-22-9-4-3-8-21(22)16-26-24(28)19(2)29-23-12-10-20(15-25)11-13-23/h3-4,8-13,18-19H,5-7,14,16-17H2,1-2H3,(H,26,28)/t18-,19+/m0/s1. The molecular weight excluding hydrogens is 362 g/mol. The molecule has 1 amide bonds. The van der Waals surface area contributed by atoms with Gasteiger partial charge >= 0.3 is 0 Å². The van der Waals surface area contributed by atoms with Crippen LogP contribution in [-0.2, 0) is 17.9 Å². The van der Waals surface area contributed by atoms with Gasteiger partial charge in [0.25, 0.3) is 5.91 Å². The molecule has 1 aliphatic heterocycles. The summed E-state index contributed by atoms with van der Waals surface area (Å²) in [5.41, 5.74) is 2.97. The van der Waals surface area contributed by atoms with Crippen LogP contribution in [-0.4, -0.2) is 29.5 Å². The molecule has 152 valence electrons. The van der Waals surface area contributed by atoms with Crippen LogP contribution in [0.25, 0.3) is 0 Å². The number of hydrogen-bond acceptors (Lipinski definition) is 4. The Morgan fingerprint density at radius 1 is 1.21 bits per heavy atom. The third-order valence-corrected chi connectivity index (χ3v) is 5.55. The molecular formula is C24H29N3O2. The van der Waals surface area contributed by atoms with Gasteiger partial charge in [0, 0.05) is 19.1 Å². The molecule has 2 aromatic rings. The first-order chi connectivity index (χ1) is 14.1. The molecule has 2 atom stereocenters. The maximum atomic E-state index is 12.5. The molecule has 5 heteroatoms. The monoisotopic (exact) mass is 391 g/mol. The van der Waals surface area contributed by atoms with Crippen LogP contribution < -0.4 is 10.1 Å². The van der Waals surface area contributed by atoms with Crippen molar-refractivity contribution >= 4 is 5.91 Å². The molecule has 0 radical (unpaired) electrons. The number of benzene rings is 2.